The van der Waals surface area contributed by atoms with Crippen molar-refractivity contribution in [2.75, 3.05) is 0 Å². The number of hydrogen-bond acceptors (Lipinski definition) is 1. The van der Waals surface area contributed by atoms with E-state index in [0.717, 1.165) is 11.9 Å². The smallest absolute Gasteiger partial charge is 0.142 e. The van der Waals surface area contributed by atoms with Gasteiger partial charge >= 0.3 is 0 Å². The molecule has 0 unspecified atom stereocenters. The van der Waals surface area contributed by atoms with E-state index < -0.39 is 0 Å². The first kappa shape index (κ1) is 20.9. The van der Waals surface area contributed by atoms with Crippen LogP contribution in [-0.2, 0) is 4.79 Å². The molecule has 1 heteroatoms. The zero-order valence-electron chi connectivity index (χ0n) is 16.4. The highest BCUT2D eigenvalue weighted by Crippen LogP contribution is 2.40. The lowest BCUT2D eigenvalue weighted by Crippen LogP contribution is -2.19. The summed E-state index contributed by atoms with van der Waals surface area (Å²) in [6.45, 7) is 11.2. The third-order valence-electron chi connectivity index (χ3n) is 4.54. The van der Waals surface area contributed by atoms with Crippen LogP contribution in [-0.4, -0.2) is 6.29 Å². The second kappa shape index (κ2) is 10.7. The fourth-order valence-electron chi connectivity index (χ4n) is 3.07. The quantitative estimate of drug-likeness (QED) is 0.283. The van der Waals surface area contributed by atoms with Crippen LogP contribution in [0.2, 0.25) is 0 Å². The Kier molecular flexibility index (Phi) is 8.91. The van der Waals surface area contributed by atoms with Gasteiger partial charge in [-0.2, -0.15) is 0 Å². The average molecular weight is 337 g/mol. The van der Waals surface area contributed by atoms with E-state index in [1.807, 2.05) is 18.2 Å². The van der Waals surface area contributed by atoms with Gasteiger partial charge in [-0.25, -0.2) is 0 Å². The minimum Gasteiger partial charge on any atom is -0.299 e. The molecular formula is C24H32O. The molecule has 1 nitrogen and oxygen atoms in total. The lowest BCUT2D eigenvalue weighted by molar-refractivity contribution is -0.104. The molecule has 0 atom stereocenters. The topological polar surface area (TPSA) is 17.1 Å². The van der Waals surface area contributed by atoms with E-state index >= 15 is 0 Å². The summed E-state index contributed by atoms with van der Waals surface area (Å²) in [5.74, 6) is 0. The van der Waals surface area contributed by atoms with Crippen LogP contribution >= 0.6 is 0 Å². The summed E-state index contributed by atoms with van der Waals surface area (Å²) in [7, 11) is 0. The molecule has 0 N–H and O–H groups in total. The second-order valence-electron chi connectivity index (χ2n) is 7.35. The zero-order valence-corrected chi connectivity index (χ0v) is 16.4. The Hall–Kier alpha value is -2.15. The largest absolute Gasteiger partial charge is 0.299 e. The minimum absolute atomic E-state index is 0.291. The molecule has 0 aliphatic heterocycles. The summed E-state index contributed by atoms with van der Waals surface area (Å²) in [6.07, 6.45) is 24.4. The van der Waals surface area contributed by atoms with Crippen molar-refractivity contribution in [2.24, 2.45) is 5.41 Å². The molecule has 0 radical (unpaired) electrons. The van der Waals surface area contributed by atoms with E-state index in [9.17, 15) is 4.79 Å². The number of rotatable bonds is 7. The van der Waals surface area contributed by atoms with Gasteiger partial charge in [0.1, 0.15) is 6.29 Å². The summed E-state index contributed by atoms with van der Waals surface area (Å²) in [6, 6.07) is 0. The van der Waals surface area contributed by atoms with Gasteiger partial charge in [0.2, 0.25) is 0 Å². The Morgan fingerprint density at radius 1 is 0.920 bits per heavy atom. The Morgan fingerprint density at radius 3 is 2.24 bits per heavy atom. The molecule has 1 aliphatic rings. The van der Waals surface area contributed by atoms with Gasteiger partial charge in [0.25, 0.3) is 0 Å². The Bertz CT molecular complexity index is 658. The maximum absolute atomic E-state index is 10.2. The normalized spacial score (nSPS) is 19.9. The van der Waals surface area contributed by atoms with E-state index in [-0.39, 0.29) is 0 Å². The van der Waals surface area contributed by atoms with Crippen molar-refractivity contribution in [2.45, 2.75) is 53.9 Å². The first-order valence-corrected chi connectivity index (χ1v) is 9.05. The van der Waals surface area contributed by atoms with Gasteiger partial charge < -0.3 is 0 Å². The maximum Gasteiger partial charge on any atom is 0.142 e. The molecule has 0 fully saturated rings. The summed E-state index contributed by atoms with van der Waals surface area (Å²) >= 11 is 0. The highest BCUT2D eigenvalue weighted by atomic mass is 16.1. The van der Waals surface area contributed by atoms with Crippen LogP contribution in [0.25, 0.3) is 0 Å². The van der Waals surface area contributed by atoms with Gasteiger partial charge in [0, 0.05) is 0 Å². The second-order valence-corrected chi connectivity index (χ2v) is 7.35. The highest BCUT2D eigenvalue weighted by Gasteiger charge is 2.26. The van der Waals surface area contributed by atoms with Crippen LogP contribution in [0.4, 0.5) is 0 Å². The highest BCUT2D eigenvalue weighted by molar-refractivity contribution is 5.65. The summed E-state index contributed by atoms with van der Waals surface area (Å²) < 4.78 is 0. The fourth-order valence-corrected chi connectivity index (χ4v) is 3.07. The van der Waals surface area contributed by atoms with Gasteiger partial charge in [-0.15, -0.1) is 0 Å². The van der Waals surface area contributed by atoms with Crippen LogP contribution in [0.3, 0.4) is 0 Å². The molecule has 25 heavy (non-hydrogen) atoms. The monoisotopic (exact) mass is 336 g/mol. The first-order chi connectivity index (χ1) is 11.9. The van der Waals surface area contributed by atoms with Gasteiger partial charge in [-0.1, -0.05) is 85.3 Å². The minimum atomic E-state index is 0.291. The Morgan fingerprint density at radius 2 is 1.56 bits per heavy atom. The molecule has 0 saturated heterocycles. The molecule has 134 valence electrons. The van der Waals surface area contributed by atoms with Crippen molar-refractivity contribution >= 4 is 6.29 Å². The predicted octanol–water partition coefficient (Wildman–Crippen LogP) is 6.83. The molecule has 1 rings (SSSR count). The lowest BCUT2D eigenvalue weighted by atomic mass is 9.72. The molecule has 0 aromatic rings. The molecule has 0 saturated carbocycles. The van der Waals surface area contributed by atoms with Crippen molar-refractivity contribution in [3.8, 4) is 0 Å². The Balaban J connectivity index is 2.69. The van der Waals surface area contributed by atoms with E-state index in [1.54, 1.807) is 6.08 Å². The van der Waals surface area contributed by atoms with Crippen molar-refractivity contribution < 1.29 is 4.79 Å². The van der Waals surface area contributed by atoms with Crippen molar-refractivity contribution in [1.29, 1.82) is 0 Å². The van der Waals surface area contributed by atoms with E-state index in [0.29, 0.717) is 5.41 Å². The molecule has 0 spiro atoms. The number of hydrogen-bond donors (Lipinski definition) is 0. The third-order valence-corrected chi connectivity index (χ3v) is 4.54. The third kappa shape index (κ3) is 7.98. The standard InChI is InChI=1S/C24H32O/c1-20(12-8-6-7-9-19-25)13-10-14-21(2)16-17-23-22(3)15-11-18-24(23,4)5/h6-10,12-14,16-17,19H,11,15,18H2,1-5H3/b8-6+,9-7+,13-10+,17-16+,20-12+,21-14+. The SMILES string of the molecule is CC1=C(/C=C/C(C)=C/C=C/C(C)=C/C=C/C=C/C=O)C(C)(C)CCC1. The van der Waals surface area contributed by atoms with Gasteiger partial charge in [0.05, 0.1) is 0 Å². The predicted molar refractivity (Wildman–Crippen MR) is 110 cm³/mol. The van der Waals surface area contributed by atoms with E-state index in [1.165, 1.54) is 42.1 Å². The fraction of sp³-hybridized carbons (Fsp3) is 0.375. The summed E-state index contributed by atoms with van der Waals surface area (Å²) in [4.78, 5) is 10.2. The molecule has 0 aromatic carbocycles. The van der Waals surface area contributed by atoms with E-state index in [2.05, 4.69) is 65.0 Å². The van der Waals surface area contributed by atoms with Gasteiger partial charge in [-0.05, 0) is 57.1 Å². The lowest BCUT2D eigenvalue weighted by Gasteiger charge is -2.32. The van der Waals surface area contributed by atoms with Crippen LogP contribution in [0, 0.1) is 5.41 Å². The number of carbonyl (C=O) groups is 1. The summed E-state index contributed by atoms with van der Waals surface area (Å²) in [5, 5.41) is 0. The number of aldehydes is 1. The number of allylic oxidation sites excluding steroid dienone is 14. The zero-order chi connectivity index (χ0) is 18.7. The maximum atomic E-state index is 10.2. The molecule has 0 bridgehead atoms. The van der Waals surface area contributed by atoms with Crippen LogP contribution in [0.1, 0.15) is 53.9 Å². The summed E-state index contributed by atoms with van der Waals surface area (Å²) in [5.41, 5.74) is 5.73. The molecule has 0 heterocycles. The van der Waals surface area contributed by atoms with Crippen LogP contribution in [0.5, 0.6) is 0 Å². The first-order valence-electron chi connectivity index (χ1n) is 9.05. The van der Waals surface area contributed by atoms with Gasteiger partial charge in [-0.3, -0.25) is 4.79 Å². The molecule has 1 aliphatic carbocycles. The Labute approximate surface area is 153 Å². The van der Waals surface area contributed by atoms with Crippen molar-refractivity contribution in [3.05, 3.63) is 83.1 Å². The molecule has 0 amide bonds. The van der Waals surface area contributed by atoms with E-state index in [4.69, 9.17) is 0 Å². The number of carbonyl (C=O) groups excluding carboxylic acids is 1. The van der Waals surface area contributed by atoms with Crippen LogP contribution < -0.4 is 0 Å². The van der Waals surface area contributed by atoms with Crippen molar-refractivity contribution in [3.63, 3.8) is 0 Å². The van der Waals surface area contributed by atoms with Crippen molar-refractivity contribution in [1.82, 2.24) is 0 Å². The average Bonchev–Trinajstić information content (AvgIpc) is 2.53. The molecule has 0 aromatic heterocycles. The molecular weight excluding hydrogens is 304 g/mol. The van der Waals surface area contributed by atoms with Gasteiger partial charge in [0.15, 0.2) is 0 Å². The van der Waals surface area contributed by atoms with Crippen LogP contribution in [0.15, 0.2) is 83.1 Å².